The number of hydrogen-bond donors (Lipinski definition) is 6. The minimum atomic E-state index is -5.15. The third kappa shape index (κ3) is 23.5. The summed E-state index contributed by atoms with van der Waals surface area (Å²) in [6.45, 7) is 9.17. The van der Waals surface area contributed by atoms with Gasteiger partial charge in [0, 0.05) is 79.1 Å². The van der Waals surface area contributed by atoms with Gasteiger partial charge in [-0.3, -0.25) is 27.6 Å². The predicted molar refractivity (Wildman–Crippen MR) is 361 cm³/mol. The normalized spacial score (nSPS) is 17.6. The highest BCUT2D eigenvalue weighted by Crippen LogP contribution is 2.54. The monoisotopic (exact) mass is 1480 g/mol. The summed E-state index contributed by atoms with van der Waals surface area (Å²) in [7, 11) is -21.8. The van der Waals surface area contributed by atoms with E-state index in [4.69, 9.17) is 47.4 Å². The molecule has 4 aromatic carbocycles. The van der Waals surface area contributed by atoms with Gasteiger partial charge in [0.1, 0.15) is 16.4 Å². The molecule has 546 valence electrons. The number of unbranched alkanes of at least 4 members (excludes halogenated alkanes) is 2. The zero-order valence-corrected chi connectivity index (χ0v) is 59.2. The van der Waals surface area contributed by atoms with E-state index in [1.165, 1.54) is 12.1 Å². The molecule has 2 aliphatic rings. The number of hydrogen-bond acceptors (Lipinski definition) is 22. The summed E-state index contributed by atoms with van der Waals surface area (Å²) < 4.78 is 236. The van der Waals surface area contributed by atoms with Gasteiger partial charge >= 0.3 is 5.97 Å². The molecule has 0 aromatic heterocycles. The summed E-state index contributed by atoms with van der Waals surface area (Å²) >= 11 is 0. The minimum Gasteiger partial charge on any atom is -0.481 e. The molecule has 2 unspecified atom stereocenters. The summed E-state index contributed by atoms with van der Waals surface area (Å²) in [6, 6.07) is 9.48. The fourth-order valence-electron chi connectivity index (χ4n) is 11.8. The van der Waals surface area contributed by atoms with E-state index in [0.717, 1.165) is 12.1 Å². The second-order valence-corrected chi connectivity index (χ2v) is 30.3. The van der Waals surface area contributed by atoms with Crippen LogP contribution in [0.5, 0.6) is 0 Å². The van der Waals surface area contributed by atoms with Gasteiger partial charge in [-0.15, -0.1) is 0 Å². The molecule has 0 spiro atoms. The van der Waals surface area contributed by atoms with E-state index in [9.17, 15) is 74.8 Å². The summed E-state index contributed by atoms with van der Waals surface area (Å²) in [6.07, 6.45) is 13.1. The van der Waals surface area contributed by atoms with Crippen LogP contribution in [0.3, 0.4) is 0 Å². The number of carboxylic acid groups (broad SMARTS) is 1. The maximum atomic E-state index is 13.0. The lowest BCUT2D eigenvalue weighted by Crippen LogP contribution is -2.33. The van der Waals surface area contributed by atoms with Gasteiger partial charge in [0.05, 0.1) is 127 Å². The number of anilines is 1. The molecule has 2 heterocycles. The number of benzene rings is 4. The van der Waals surface area contributed by atoms with Crippen LogP contribution < -0.4 is 4.90 Å². The van der Waals surface area contributed by atoms with Crippen molar-refractivity contribution in [2.75, 3.05) is 157 Å². The zero-order valence-electron chi connectivity index (χ0n) is 55.2. The van der Waals surface area contributed by atoms with E-state index in [1.54, 1.807) is 75.8 Å². The first kappa shape index (κ1) is 81.4. The summed E-state index contributed by atoms with van der Waals surface area (Å²) in [5, 5.41) is 9.31. The lowest BCUT2D eigenvalue weighted by Gasteiger charge is -2.31. The fourth-order valence-corrected chi connectivity index (χ4v) is 15.0. The molecule has 0 radical (unpaired) electrons. The van der Waals surface area contributed by atoms with Crippen LogP contribution in [0.15, 0.2) is 116 Å². The number of nitrogens with zero attached hydrogens (tertiary/aromatic N) is 2. The Kier molecular flexibility index (Phi) is 31.5. The van der Waals surface area contributed by atoms with Crippen molar-refractivity contribution in [1.82, 2.24) is 0 Å². The first-order valence-electron chi connectivity index (χ1n) is 31.4. The van der Waals surface area contributed by atoms with Crippen LogP contribution in [0, 0.1) is 0 Å². The van der Waals surface area contributed by atoms with Crippen molar-refractivity contribution in [1.29, 1.82) is 0 Å². The molecule has 6 rings (SSSR count). The van der Waals surface area contributed by atoms with Crippen molar-refractivity contribution in [2.24, 2.45) is 0 Å². The number of fused-ring (bicyclic) bond motifs is 6. The molecule has 6 N–H and O–H groups in total. The van der Waals surface area contributed by atoms with Gasteiger partial charge in [-0.1, -0.05) is 42.9 Å². The molecule has 0 bridgehead atoms. The number of carbonyl (C=O) groups is 1. The summed E-state index contributed by atoms with van der Waals surface area (Å²) in [4.78, 5) is 10.2. The highest BCUT2D eigenvalue weighted by Gasteiger charge is 2.50. The van der Waals surface area contributed by atoms with Crippen LogP contribution in [0.2, 0.25) is 0 Å². The average Bonchev–Trinajstić information content (AvgIpc) is 1.53. The smallest absolute Gasteiger partial charge is 0.303 e. The fraction of sp³-hybridized carbons (Fsp3) is 0.531. The molecule has 2 aliphatic heterocycles. The molecule has 4 aromatic rings. The van der Waals surface area contributed by atoms with Gasteiger partial charge in [0.2, 0.25) is 5.69 Å². The topological polar surface area (TPSA) is 408 Å². The van der Waals surface area contributed by atoms with E-state index in [-0.39, 0.29) is 113 Å². The van der Waals surface area contributed by atoms with Crippen molar-refractivity contribution < 1.29 is 127 Å². The van der Waals surface area contributed by atoms with Crippen LogP contribution in [0.1, 0.15) is 69.9 Å². The van der Waals surface area contributed by atoms with Crippen LogP contribution >= 0.6 is 0 Å². The molecular weight excluding hydrogens is 1390 g/mol. The Morgan fingerprint density at radius 3 is 1.40 bits per heavy atom. The molecule has 0 aliphatic carbocycles. The maximum absolute atomic E-state index is 13.0. The number of ether oxygens (including phenoxy) is 10. The number of aliphatic carboxylic acids is 1. The molecule has 0 amide bonds. The highest BCUT2D eigenvalue weighted by atomic mass is 32.2. The molecule has 98 heavy (non-hydrogen) atoms. The predicted octanol–water partition coefficient (Wildman–Crippen LogP) is 6.80. The van der Waals surface area contributed by atoms with Gasteiger partial charge in [-0.2, -0.15) is 46.7 Å². The maximum Gasteiger partial charge on any atom is 0.303 e. The van der Waals surface area contributed by atoms with E-state index >= 15 is 0 Å². The van der Waals surface area contributed by atoms with Gasteiger partial charge in [0.15, 0.2) is 12.3 Å². The van der Waals surface area contributed by atoms with Crippen molar-refractivity contribution >= 4 is 95.2 Å². The van der Waals surface area contributed by atoms with E-state index in [0.29, 0.717) is 131 Å². The molecule has 0 fully saturated rings. The van der Waals surface area contributed by atoms with Crippen LogP contribution in [-0.4, -0.2) is 238 Å². The van der Waals surface area contributed by atoms with Crippen molar-refractivity contribution in [3.05, 3.63) is 108 Å². The first-order chi connectivity index (χ1) is 46.4. The average molecular weight is 1480 g/mol. The molecular formula is C64H89N2O27S5+. The van der Waals surface area contributed by atoms with Crippen LogP contribution in [0.25, 0.3) is 21.5 Å². The lowest BCUT2D eigenvalue weighted by atomic mass is 9.74. The van der Waals surface area contributed by atoms with E-state index < -0.39 is 92.7 Å². The molecule has 29 nitrogen and oxygen atoms in total. The summed E-state index contributed by atoms with van der Waals surface area (Å²) in [5.74, 6) is -1.67. The highest BCUT2D eigenvalue weighted by molar-refractivity contribution is 7.87. The standard InChI is InChI=1S/C64H88N2O27S5/c1-63(21-13-43-94(69,70)71)58(66(24-26-87-32-34-91-39-40-93-42-41-92-38-36-89-30-28-85-4)55-20-18-50-52(61(55)63)44-48(95(72,73)74)46-56(50)97(78,79)80)14-9-6-5-7-10-15-59-64(2,22-25-86-31-33-90-37-35-88-29-27-84-3)62-53-45-49(96(75,76)77)47-57(98(81,82)83)51(53)17-19-54(62)65(59)23-12-8-11-16-60(67)68/h5-7,9-10,14-15,17-20,44-47H,8,11-13,16,21-43H2,1-4H3,(H5-,67,68,69,70,71,72,73,74,75,76,77,78,79,80,81,82,83)/p+1. The van der Waals surface area contributed by atoms with Crippen molar-refractivity contribution in [3.63, 3.8) is 0 Å². The van der Waals surface area contributed by atoms with E-state index in [2.05, 4.69) is 0 Å². The van der Waals surface area contributed by atoms with Gasteiger partial charge < -0.3 is 57.4 Å². The SMILES string of the molecule is COCCOCCOCCOCCOCCOCC[N+]1=C(C=CC=CC=CC=C2N(CCCCCC(=O)O)c3ccc4c(S(=O)(=O)O)cc(S(=O)(=O)O)cc4c3C2(C)CCOCCOCCOCCOC)C(C)(CCCS(=O)(=O)O)c2c1ccc1c(S(=O)(=O)O)cc(S(=O)(=O)O)cc21. The van der Waals surface area contributed by atoms with Crippen molar-refractivity contribution in [2.45, 2.75) is 89.2 Å². The Morgan fingerprint density at radius 2 is 0.929 bits per heavy atom. The lowest BCUT2D eigenvalue weighted by molar-refractivity contribution is -0.442. The molecule has 0 saturated carbocycles. The van der Waals surface area contributed by atoms with E-state index in [1.807, 2.05) is 16.4 Å². The van der Waals surface area contributed by atoms with Crippen LogP contribution in [-0.2, 0) is 114 Å². The van der Waals surface area contributed by atoms with Crippen LogP contribution in [0.4, 0.5) is 11.4 Å². The Hall–Kier alpha value is -5.55. The summed E-state index contributed by atoms with van der Waals surface area (Å²) in [5.41, 5.74) is 0.246. The third-order valence-corrected chi connectivity index (χ3v) is 20.5. The molecule has 2 atom stereocenters. The number of allylic oxidation sites excluding steroid dienone is 8. The second kappa shape index (κ2) is 37.9. The zero-order chi connectivity index (χ0) is 71.8. The van der Waals surface area contributed by atoms with Gasteiger partial charge in [0.25, 0.3) is 50.6 Å². The Balaban J connectivity index is 1.37. The second-order valence-electron chi connectivity index (χ2n) is 23.1. The third-order valence-electron chi connectivity index (χ3n) is 16.3. The first-order valence-corrected chi connectivity index (χ1v) is 38.8. The number of methoxy groups -OCH3 is 2. The minimum absolute atomic E-state index is 0.0214. The van der Waals surface area contributed by atoms with Gasteiger partial charge in [-0.05, 0) is 105 Å². The molecule has 34 heteroatoms. The quantitative estimate of drug-likeness (QED) is 0.0115. The van der Waals surface area contributed by atoms with Gasteiger partial charge in [-0.25, -0.2) is 0 Å². The Morgan fingerprint density at radius 1 is 0.480 bits per heavy atom. The number of carboxylic acids is 1. The van der Waals surface area contributed by atoms with Crippen molar-refractivity contribution in [3.8, 4) is 0 Å². The Labute approximate surface area is 572 Å². The largest absolute Gasteiger partial charge is 0.481 e. The molecule has 0 saturated heterocycles. The number of rotatable bonds is 48. The Bertz CT molecular complexity index is 4120.